The summed E-state index contributed by atoms with van der Waals surface area (Å²) in [4.78, 5) is 8.19. The molecular formula is C8H8N4. The second-order valence-corrected chi connectivity index (χ2v) is 2.44. The Morgan fingerprint density at radius 3 is 3.08 bits per heavy atom. The van der Waals surface area contributed by atoms with Crippen molar-refractivity contribution in [2.45, 2.75) is 13.3 Å². The van der Waals surface area contributed by atoms with Crippen LogP contribution in [0.2, 0.25) is 0 Å². The second-order valence-electron chi connectivity index (χ2n) is 2.44. The maximum atomic E-state index is 4.11. The molecule has 0 radical (unpaired) electrons. The van der Waals surface area contributed by atoms with Gasteiger partial charge in [0.2, 0.25) is 0 Å². The third kappa shape index (κ3) is 1.01. The molecule has 0 N–H and O–H groups in total. The zero-order valence-corrected chi connectivity index (χ0v) is 6.73. The summed E-state index contributed by atoms with van der Waals surface area (Å²) in [5.41, 5.74) is 2.62. The van der Waals surface area contributed by atoms with E-state index in [0.29, 0.717) is 0 Å². The molecule has 2 rings (SSSR count). The van der Waals surface area contributed by atoms with Crippen molar-refractivity contribution in [3.05, 3.63) is 24.3 Å². The van der Waals surface area contributed by atoms with Crippen molar-refractivity contribution >= 4 is 11.0 Å². The maximum Gasteiger partial charge on any atom is 0.133 e. The van der Waals surface area contributed by atoms with Gasteiger partial charge < -0.3 is 0 Å². The molecule has 0 bridgehead atoms. The molecule has 0 unspecified atom stereocenters. The Balaban J connectivity index is 2.79. The highest BCUT2D eigenvalue weighted by atomic mass is 15.1. The van der Waals surface area contributed by atoms with Crippen LogP contribution in [0.3, 0.4) is 0 Å². The van der Waals surface area contributed by atoms with Gasteiger partial charge in [0.1, 0.15) is 11.8 Å². The minimum atomic E-state index is 0.808. The highest BCUT2D eigenvalue weighted by Gasteiger charge is 2.01. The van der Waals surface area contributed by atoms with Crippen molar-refractivity contribution in [2.75, 3.05) is 0 Å². The van der Waals surface area contributed by atoms with Gasteiger partial charge in [0.15, 0.2) is 0 Å². The highest BCUT2D eigenvalue weighted by Crippen LogP contribution is 2.09. The Hall–Kier alpha value is -1.58. The van der Waals surface area contributed by atoms with E-state index < -0.39 is 0 Å². The Morgan fingerprint density at radius 2 is 2.25 bits per heavy atom. The molecule has 4 nitrogen and oxygen atoms in total. The second kappa shape index (κ2) is 2.81. The molecule has 4 heteroatoms. The lowest BCUT2D eigenvalue weighted by Crippen LogP contribution is -1.94. The summed E-state index contributed by atoms with van der Waals surface area (Å²) in [6.07, 6.45) is 4.05. The summed E-state index contributed by atoms with van der Waals surface area (Å²) >= 11 is 0. The summed E-state index contributed by atoms with van der Waals surface area (Å²) in [6.45, 7) is 2.04. The van der Waals surface area contributed by atoms with Gasteiger partial charge in [-0.15, -0.1) is 5.10 Å². The minimum Gasteiger partial charge on any atom is -0.239 e. The van der Waals surface area contributed by atoms with Crippen molar-refractivity contribution in [3.8, 4) is 0 Å². The third-order valence-electron chi connectivity index (χ3n) is 1.72. The third-order valence-corrected chi connectivity index (χ3v) is 1.72. The Morgan fingerprint density at radius 1 is 1.33 bits per heavy atom. The topological polar surface area (TPSA) is 51.6 Å². The van der Waals surface area contributed by atoms with Crippen LogP contribution in [-0.4, -0.2) is 20.2 Å². The molecule has 0 aliphatic heterocycles. The number of aromatic nitrogens is 4. The highest BCUT2D eigenvalue weighted by molar-refractivity contribution is 5.74. The van der Waals surface area contributed by atoms with Crippen molar-refractivity contribution in [2.24, 2.45) is 0 Å². The zero-order valence-electron chi connectivity index (χ0n) is 6.73. The largest absolute Gasteiger partial charge is 0.239 e. The lowest BCUT2D eigenvalue weighted by Gasteiger charge is -1.98. The smallest absolute Gasteiger partial charge is 0.133 e. The molecule has 12 heavy (non-hydrogen) atoms. The summed E-state index contributed by atoms with van der Waals surface area (Å²) in [6, 6.07) is 1.84. The molecule has 2 aromatic rings. The van der Waals surface area contributed by atoms with E-state index in [0.717, 1.165) is 23.1 Å². The first kappa shape index (κ1) is 7.09. The maximum absolute atomic E-state index is 4.11. The molecule has 0 amide bonds. The molecule has 2 aromatic heterocycles. The first-order valence-electron chi connectivity index (χ1n) is 3.83. The van der Waals surface area contributed by atoms with Crippen molar-refractivity contribution in [3.63, 3.8) is 0 Å². The standard InChI is InChI=1S/C8H8N4/c1-2-6-8-7(10-5-9-6)3-4-11-12-8/h3-5H,2H2,1H3. The molecule has 0 saturated carbocycles. The van der Waals surface area contributed by atoms with Gasteiger partial charge in [0, 0.05) is 0 Å². The molecular weight excluding hydrogens is 152 g/mol. The average molecular weight is 160 g/mol. The van der Waals surface area contributed by atoms with Gasteiger partial charge in [-0.2, -0.15) is 5.10 Å². The fourth-order valence-corrected chi connectivity index (χ4v) is 1.12. The average Bonchev–Trinajstić information content (AvgIpc) is 2.17. The van der Waals surface area contributed by atoms with E-state index in [4.69, 9.17) is 0 Å². The van der Waals surface area contributed by atoms with Gasteiger partial charge in [0.25, 0.3) is 0 Å². The van der Waals surface area contributed by atoms with Gasteiger partial charge in [-0.05, 0) is 12.5 Å². The molecule has 2 heterocycles. The van der Waals surface area contributed by atoms with Gasteiger partial charge in [-0.25, -0.2) is 9.97 Å². The molecule has 0 fully saturated rings. The van der Waals surface area contributed by atoms with Gasteiger partial charge >= 0.3 is 0 Å². The Labute approximate surface area is 69.7 Å². The quantitative estimate of drug-likeness (QED) is 0.624. The summed E-state index contributed by atoms with van der Waals surface area (Å²) in [5, 5.41) is 7.77. The number of aryl methyl sites for hydroxylation is 1. The van der Waals surface area contributed by atoms with Crippen LogP contribution in [0, 0.1) is 0 Å². The van der Waals surface area contributed by atoms with E-state index in [2.05, 4.69) is 20.2 Å². The summed E-state index contributed by atoms with van der Waals surface area (Å²) < 4.78 is 0. The van der Waals surface area contributed by atoms with Crippen molar-refractivity contribution in [1.82, 2.24) is 20.2 Å². The van der Waals surface area contributed by atoms with Gasteiger partial charge in [0.05, 0.1) is 17.4 Å². The molecule has 60 valence electrons. The van der Waals surface area contributed by atoms with Gasteiger partial charge in [-0.3, -0.25) is 0 Å². The van der Waals surface area contributed by atoms with Crippen LogP contribution in [0.15, 0.2) is 18.6 Å². The summed E-state index contributed by atoms with van der Waals surface area (Å²) in [5.74, 6) is 0. The van der Waals surface area contributed by atoms with E-state index in [9.17, 15) is 0 Å². The first-order valence-corrected chi connectivity index (χ1v) is 3.83. The predicted octanol–water partition coefficient (Wildman–Crippen LogP) is 0.982. The van der Waals surface area contributed by atoms with E-state index in [-0.39, 0.29) is 0 Å². The molecule has 0 spiro atoms. The van der Waals surface area contributed by atoms with Crippen molar-refractivity contribution < 1.29 is 0 Å². The monoisotopic (exact) mass is 160 g/mol. The molecule has 0 aromatic carbocycles. The SMILES string of the molecule is CCc1ncnc2ccnnc12. The lowest BCUT2D eigenvalue weighted by atomic mass is 10.2. The van der Waals surface area contributed by atoms with Crippen LogP contribution in [0.5, 0.6) is 0 Å². The Kier molecular flexibility index (Phi) is 1.66. The fourth-order valence-electron chi connectivity index (χ4n) is 1.12. The molecule has 0 aliphatic carbocycles. The van der Waals surface area contributed by atoms with Crippen LogP contribution in [-0.2, 0) is 6.42 Å². The molecule has 0 aliphatic rings. The van der Waals surface area contributed by atoms with Crippen LogP contribution in [0.4, 0.5) is 0 Å². The number of hydrogen-bond donors (Lipinski definition) is 0. The van der Waals surface area contributed by atoms with Crippen LogP contribution in [0.1, 0.15) is 12.6 Å². The van der Waals surface area contributed by atoms with E-state index in [1.54, 1.807) is 12.5 Å². The van der Waals surface area contributed by atoms with Crippen LogP contribution >= 0.6 is 0 Å². The lowest BCUT2D eigenvalue weighted by molar-refractivity contribution is 0.982. The minimum absolute atomic E-state index is 0.808. The van der Waals surface area contributed by atoms with E-state index >= 15 is 0 Å². The number of rotatable bonds is 1. The van der Waals surface area contributed by atoms with Crippen molar-refractivity contribution in [1.29, 1.82) is 0 Å². The Bertz CT molecular complexity index is 394. The van der Waals surface area contributed by atoms with Crippen LogP contribution in [0.25, 0.3) is 11.0 Å². The van der Waals surface area contributed by atoms with E-state index in [1.807, 2.05) is 13.0 Å². The zero-order chi connectivity index (χ0) is 8.39. The fraction of sp³-hybridized carbons (Fsp3) is 0.250. The normalized spacial score (nSPS) is 10.4. The van der Waals surface area contributed by atoms with Crippen LogP contribution < -0.4 is 0 Å². The number of hydrogen-bond acceptors (Lipinski definition) is 4. The molecule has 0 saturated heterocycles. The predicted molar refractivity (Wildman–Crippen MR) is 44.5 cm³/mol. The van der Waals surface area contributed by atoms with E-state index in [1.165, 1.54) is 0 Å². The summed E-state index contributed by atoms with van der Waals surface area (Å²) in [7, 11) is 0. The molecule has 0 atom stereocenters. The first-order chi connectivity index (χ1) is 5.92. The number of fused-ring (bicyclic) bond motifs is 1. The van der Waals surface area contributed by atoms with Gasteiger partial charge in [-0.1, -0.05) is 6.92 Å². The number of nitrogens with zero attached hydrogens (tertiary/aromatic N) is 4.